The SMILES string of the molecule is Cc1cccc(OCCc2n[nH]c(=S)n2CC(C)C)c1. The molecule has 0 bridgehead atoms. The maximum atomic E-state index is 5.76. The van der Waals surface area contributed by atoms with E-state index < -0.39 is 0 Å². The molecule has 20 heavy (non-hydrogen) atoms. The molecule has 2 rings (SSSR count). The van der Waals surface area contributed by atoms with Crippen LogP contribution in [0.4, 0.5) is 0 Å². The van der Waals surface area contributed by atoms with Crippen molar-refractivity contribution < 1.29 is 4.74 Å². The second-order valence-corrected chi connectivity index (χ2v) is 5.75. The van der Waals surface area contributed by atoms with E-state index in [0.29, 0.717) is 17.3 Å². The first-order chi connectivity index (χ1) is 9.56. The van der Waals surface area contributed by atoms with Gasteiger partial charge < -0.3 is 9.30 Å². The molecule has 4 nitrogen and oxygen atoms in total. The number of hydrogen-bond acceptors (Lipinski definition) is 3. The van der Waals surface area contributed by atoms with Crippen LogP contribution in [-0.4, -0.2) is 21.4 Å². The fraction of sp³-hybridized carbons (Fsp3) is 0.467. The number of H-pyrrole nitrogens is 1. The predicted octanol–water partition coefficient (Wildman–Crippen LogP) is 3.53. The van der Waals surface area contributed by atoms with Crippen LogP contribution >= 0.6 is 12.2 Å². The topological polar surface area (TPSA) is 42.8 Å². The average Bonchev–Trinajstić information content (AvgIpc) is 2.71. The van der Waals surface area contributed by atoms with Gasteiger partial charge in [-0.1, -0.05) is 26.0 Å². The minimum absolute atomic E-state index is 0.538. The lowest BCUT2D eigenvalue weighted by Gasteiger charge is -2.10. The first-order valence-electron chi connectivity index (χ1n) is 6.90. The van der Waals surface area contributed by atoms with Crippen molar-refractivity contribution in [3.05, 3.63) is 40.4 Å². The van der Waals surface area contributed by atoms with Gasteiger partial charge in [0.2, 0.25) is 0 Å². The molecule has 1 aromatic heterocycles. The highest BCUT2D eigenvalue weighted by Crippen LogP contribution is 2.13. The molecule has 2 aromatic rings. The molecule has 0 atom stereocenters. The standard InChI is InChI=1S/C15H21N3OS/c1-11(2)10-18-14(16-17-15(18)20)7-8-19-13-6-4-5-12(3)9-13/h4-6,9,11H,7-8,10H2,1-3H3,(H,17,20). The molecule has 0 spiro atoms. The number of aryl methyl sites for hydroxylation is 1. The first-order valence-corrected chi connectivity index (χ1v) is 7.30. The number of benzene rings is 1. The van der Waals surface area contributed by atoms with E-state index in [-0.39, 0.29) is 0 Å². The van der Waals surface area contributed by atoms with E-state index >= 15 is 0 Å². The molecule has 0 amide bonds. The molecule has 0 radical (unpaired) electrons. The third-order valence-corrected chi connectivity index (χ3v) is 3.28. The van der Waals surface area contributed by atoms with Crippen molar-refractivity contribution in [3.63, 3.8) is 0 Å². The Labute approximate surface area is 124 Å². The maximum absolute atomic E-state index is 5.76. The molecule has 108 valence electrons. The summed E-state index contributed by atoms with van der Waals surface area (Å²) in [4.78, 5) is 0. The Balaban J connectivity index is 1.96. The maximum Gasteiger partial charge on any atom is 0.195 e. The molecule has 0 aliphatic carbocycles. The summed E-state index contributed by atoms with van der Waals surface area (Å²) in [6.07, 6.45) is 0.744. The Morgan fingerprint density at radius 3 is 2.90 bits per heavy atom. The van der Waals surface area contributed by atoms with E-state index in [4.69, 9.17) is 17.0 Å². The van der Waals surface area contributed by atoms with Gasteiger partial charge >= 0.3 is 0 Å². The highest BCUT2D eigenvalue weighted by Gasteiger charge is 2.08. The first kappa shape index (κ1) is 14.8. The minimum Gasteiger partial charge on any atom is -0.493 e. The molecular formula is C15H21N3OS. The predicted molar refractivity (Wildman–Crippen MR) is 82.6 cm³/mol. The fourth-order valence-electron chi connectivity index (χ4n) is 2.06. The van der Waals surface area contributed by atoms with Crippen LogP contribution in [0.1, 0.15) is 25.2 Å². The quantitative estimate of drug-likeness (QED) is 0.828. The van der Waals surface area contributed by atoms with Gasteiger partial charge in [-0.05, 0) is 42.8 Å². The van der Waals surface area contributed by atoms with Crippen molar-refractivity contribution in [2.75, 3.05) is 6.61 Å². The Morgan fingerprint density at radius 2 is 2.20 bits per heavy atom. The Bertz CT molecular complexity index is 616. The van der Waals surface area contributed by atoms with Crippen molar-refractivity contribution in [1.82, 2.24) is 14.8 Å². The number of rotatable bonds is 6. The molecule has 0 saturated carbocycles. The smallest absolute Gasteiger partial charge is 0.195 e. The summed E-state index contributed by atoms with van der Waals surface area (Å²) in [5.41, 5.74) is 1.20. The monoisotopic (exact) mass is 291 g/mol. The second kappa shape index (κ2) is 6.70. The van der Waals surface area contributed by atoms with Gasteiger partial charge in [0.05, 0.1) is 6.61 Å². The Kier molecular flexibility index (Phi) is 4.95. The number of aromatic amines is 1. The Morgan fingerprint density at radius 1 is 1.40 bits per heavy atom. The summed E-state index contributed by atoms with van der Waals surface area (Å²) < 4.78 is 8.50. The van der Waals surface area contributed by atoms with Crippen molar-refractivity contribution in [2.24, 2.45) is 5.92 Å². The van der Waals surface area contributed by atoms with Gasteiger partial charge in [-0.2, -0.15) is 5.10 Å². The third kappa shape index (κ3) is 3.93. The van der Waals surface area contributed by atoms with E-state index in [2.05, 4.69) is 41.6 Å². The highest BCUT2D eigenvalue weighted by molar-refractivity contribution is 7.71. The van der Waals surface area contributed by atoms with Gasteiger partial charge in [-0.15, -0.1) is 0 Å². The van der Waals surface area contributed by atoms with Gasteiger partial charge in [-0.25, -0.2) is 0 Å². The number of ether oxygens (including phenoxy) is 1. The summed E-state index contributed by atoms with van der Waals surface area (Å²) in [5.74, 6) is 2.39. The van der Waals surface area contributed by atoms with Gasteiger partial charge in [0.15, 0.2) is 4.77 Å². The molecule has 0 saturated heterocycles. The molecular weight excluding hydrogens is 270 g/mol. The lowest BCUT2D eigenvalue weighted by Crippen LogP contribution is -2.12. The number of nitrogens with one attached hydrogen (secondary N) is 1. The molecule has 1 N–H and O–H groups in total. The Hall–Kier alpha value is -1.62. The number of aromatic nitrogens is 3. The summed E-state index contributed by atoms with van der Waals surface area (Å²) in [6.45, 7) is 7.88. The van der Waals surface area contributed by atoms with Gasteiger partial charge in [-0.3, -0.25) is 5.10 Å². The summed E-state index contributed by atoms with van der Waals surface area (Å²) in [6, 6.07) is 8.06. The van der Waals surface area contributed by atoms with Crippen LogP contribution in [0.25, 0.3) is 0 Å². The summed E-state index contributed by atoms with van der Waals surface area (Å²) in [7, 11) is 0. The molecule has 1 aromatic carbocycles. The largest absolute Gasteiger partial charge is 0.493 e. The zero-order valence-electron chi connectivity index (χ0n) is 12.2. The molecule has 0 fully saturated rings. The molecule has 0 aliphatic rings. The zero-order chi connectivity index (χ0) is 14.5. The lowest BCUT2D eigenvalue weighted by atomic mass is 10.2. The molecule has 0 aliphatic heterocycles. The van der Waals surface area contributed by atoms with Crippen LogP contribution in [0.3, 0.4) is 0 Å². The lowest BCUT2D eigenvalue weighted by molar-refractivity contribution is 0.315. The third-order valence-electron chi connectivity index (χ3n) is 2.97. The second-order valence-electron chi connectivity index (χ2n) is 5.36. The van der Waals surface area contributed by atoms with E-state index in [0.717, 1.165) is 24.5 Å². The van der Waals surface area contributed by atoms with E-state index in [1.165, 1.54) is 5.56 Å². The van der Waals surface area contributed by atoms with Crippen molar-refractivity contribution >= 4 is 12.2 Å². The van der Waals surface area contributed by atoms with Crippen LogP contribution in [0.2, 0.25) is 0 Å². The van der Waals surface area contributed by atoms with E-state index in [1.807, 2.05) is 18.2 Å². The van der Waals surface area contributed by atoms with Crippen LogP contribution in [0.15, 0.2) is 24.3 Å². The van der Waals surface area contributed by atoms with Crippen LogP contribution in [0.5, 0.6) is 5.75 Å². The van der Waals surface area contributed by atoms with Crippen molar-refractivity contribution in [3.8, 4) is 5.75 Å². The average molecular weight is 291 g/mol. The van der Waals surface area contributed by atoms with E-state index in [9.17, 15) is 0 Å². The van der Waals surface area contributed by atoms with Crippen molar-refractivity contribution in [2.45, 2.75) is 33.7 Å². The number of nitrogens with zero attached hydrogens (tertiary/aromatic N) is 2. The van der Waals surface area contributed by atoms with Crippen molar-refractivity contribution in [1.29, 1.82) is 0 Å². The van der Waals surface area contributed by atoms with Crippen LogP contribution in [0, 0.1) is 17.6 Å². The van der Waals surface area contributed by atoms with Crippen LogP contribution in [-0.2, 0) is 13.0 Å². The minimum atomic E-state index is 0.538. The zero-order valence-corrected chi connectivity index (χ0v) is 13.0. The van der Waals surface area contributed by atoms with E-state index in [1.54, 1.807) is 0 Å². The fourth-order valence-corrected chi connectivity index (χ4v) is 2.29. The highest BCUT2D eigenvalue weighted by atomic mass is 32.1. The van der Waals surface area contributed by atoms with Gasteiger partial charge in [0.25, 0.3) is 0 Å². The normalized spacial score (nSPS) is 11.0. The van der Waals surface area contributed by atoms with Gasteiger partial charge in [0.1, 0.15) is 11.6 Å². The summed E-state index contributed by atoms with van der Waals surface area (Å²) >= 11 is 5.26. The summed E-state index contributed by atoms with van der Waals surface area (Å²) in [5, 5.41) is 7.14. The van der Waals surface area contributed by atoms with Gasteiger partial charge in [0, 0.05) is 13.0 Å². The molecule has 0 unspecified atom stereocenters. The molecule has 5 heteroatoms. The van der Waals surface area contributed by atoms with Crippen LogP contribution < -0.4 is 4.74 Å². The number of hydrogen-bond donors (Lipinski definition) is 1. The molecule has 1 heterocycles.